The Balaban J connectivity index is 1.51. The lowest BCUT2D eigenvalue weighted by molar-refractivity contribution is -0.121. The Labute approximate surface area is 199 Å². The molecule has 3 aromatic rings. The molecule has 7 heteroatoms. The number of esters is 1. The minimum Gasteiger partial charge on any atom is -0.493 e. The molecule has 0 bridgehead atoms. The summed E-state index contributed by atoms with van der Waals surface area (Å²) in [4.78, 5) is 27.9. The highest BCUT2D eigenvalue weighted by atomic mass is 16.5. The normalized spacial score (nSPS) is 16.1. The summed E-state index contributed by atoms with van der Waals surface area (Å²) in [5.74, 6) is -0.0636. The Hall–Kier alpha value is -3.58. The van der Waals surface area contributed by atoms with Crippen LogP contribution in [0.1, 0.15) is 28.8 Å². The smallest absolute Gasteiger partial charge is 0.340 e. The predicted molar refractivity (Wildman–Crippen MR) is 131 cm³/mol. The number of carbonyl (C=O) groups is 2. The fraction of sp³-hybridized carbons (Fsp3) is 0.333. The van der Waals surface area contributed by atoms with Gasteiger partial charge >= 0.3 is 5.97 Å². The Morgan fingerprint density at radius 3 is 2.50 bits per heavy atom. The second-order valence-corrected chi connectivity index (χ2v) is 8.45. The molecule has 0 aromatic heterocycles. The zero-order valence-corrected chi connectivity index (χ0v) is 19.8. The van der Waals surface area contributed by atoms with Gasteiger partial charge < -0.3 is 19.5 Å². The van der Waals surface area contributed by atoms with Gasteiger partial charge in [0, 0.05) is 25.2 Å². The lowest BCUT2D eigenvalue weighted by atomic mass is 9.95. The molecule has 34 heavy (non-hydrogen) atoms. The number of methoxy groups -OCH3 is 3. The van der Waals surface area contributed by atoms with E-state index < -0.39 is 5.97 Å². The van der Waals surface area contributed by atoms with E-state index in [0.29, 0.717) is 23.7 Å². The lowest BCUT2D eigenvalue weighted by Crippen LogP contribution is -2.40. The largest absolute Gasteiger partial charge is 0.493 e. The van der Waals surface area contributed by atoms with Gasteiger partial charge in [-0.1, -0.05) is 42.5 Å². The van der Waals surface area contributed by atoms with Gasteiger partial charge in [-0.3, -0.25) is 9.69 Å². The minimum atomic E-state index is -0.558. The maximum Gasteiger partial charge on any atom is 0.340 e. The Morgan fingerprint density at radius 1 is 1.00 bits per heavy atom. The number of carbonyl (C=O) groups excluding carboxylic acids is 2. The van der Waals surface area contributed by atoms with Crippen molar-refractivity contribution in [1.29, 1.82) is 0 Å². The Kier molecular flexibility index (Phi) is 7.33. The minimum absolute atomic E-state index is 0.125. The third-order valence-electron chi connectivity index (χ3n) is 6.34. The van der Waals surface area contributed by atoms with Crippen LogP contribution in [0.25, 0.3) is 10.8 Å². The van der Waals surface area contributed by atoms with E-state index in [1.807, 2.05) is 6.07 Å². The van der Waals surface area contributed by atoms with Crippen LogP contribution in [0, 0.1) is 5.92 Å². The molecular formula is C27H30N2O5. The fourth-order valence-electron chi connectivity index (χ4n) is 4.58. The van der Waals surface area contributed by atoms with Crippen LogP contribution in [0.2, 0.25) is 0 Å². The van der Waals surface area contributed by atoms with Crippen LogP contribution in [-0.4, -0.2) is 51.2 Å². The fourth-order valence-corrected chi connectivity index (χ4v) is 4.58. The standard InChI is InChI=1S/C27H30N2O5/c1-32-24-14-22(27(31)34-3)23(15-25(24)33-2)28-26(30)20-11-7-13-29(17-20)16-19-10-6-9-18-8-4-5-12-21(18)19/h4-6,8-10,12,14-15,20H,7,11,13,16-17H2,1-3H3,(H,28,30). The Morgan fingerprint density at radius 2 is 1.74 bits per heavy atom. The second-order valence-electron chi connectivity index (χ2n) is 8.45. The van der Waals surface area contributed by atoms with Gasteiger partial charge in [0.2, 0.25) is 5.91 Å². The van der Waals surface area contributed by atoms with E-state index in [9.17, 15) is 9.59 Å². The summed E-state index contributed by atoms with van der Waals surface area (Å²) in [7, 11) is 4.30. The van der Waals surface area contributed by atoms with Gasteiger partial charge in [0.05, 0.1) is 38.5 Å². The summed E-state index contributed by atoms with van der Waals surface area (Å²) in [6.45, 7) is 2.38. The summed E-state index contributed by atoms with van der Waals surface area (Å²) in [6.07, 6.45) is 1.72. The van der Waals surface area contributed by atoms with Gasteiger partial charge in [-0.15, -0.1) is 0 Å². The number of fused-ring (bicyclic) bond motifs is 1. The number of likely N-dealkylation sites (tertiary alicyclic amines) is 1. The third-order valence-corrected chi connectivity index (χ3v) is 6.34. The number of nitrogens with zero attached hydrogens (tertiary/aromatic N) is 1. The monoisotopic (exact) mass is 462 g/mol. The number of piperidine rings is 1. The zero-order valence-electron chi connectivity index (χ0n) is 19.8. The molecule has 1 atom stereocenters. The molecule has 1 N–H and O–H groups in total. The first-order valence-corrected chi connectivity index (χ1v) is 11.4. The maximum absolute atomic E-state index is 13.2. The van der Waals surface area contributed by atoms with Gasteiger partial charge in [0.15, 0.2) is 11.5 Å². The summed E-state index contributed by atoms with van der Waals surface area (Å²) >= 11 is 0. The molecule has 1 heterocycles. The molecule has 1 aliphatic heterocycles. The summed E-state index contributed by atoms with van der Waals surface area (Å²) in [5.41, 5.74) is 1.82. The van der Waals surface area contributed by atoms with Gasteiger partial charge in [-0.2, -0.15) is 0 Å². The predicted octanol–water partition coefficient (Wildman–Crippen LogP) is 4.49. The quantitative estimate of drug-likeness (QED) is 0.521. The second kappa shape index (κ2) is 10.6. The lowest BCUT2D eigenvalue weighted by Gasteiger charge is -2.32. The summed E-state index contributed by atoms with van der Waals surface area (Å²) in [6, 6.07) is 17.8. The van der Waals surface area contributed by atoms with Crippen molar-refractivity contribution >= 4 is 28.3 Å². The van der Waals surface area contributed by atoms with Crippen molar-refractivity contribution < 1.29 is 23.8 Å². The van der Waals surface area contributed by atoms with E-state index in [0.717, 1.165) is 25.9 Å². The molecule has 3 aromatic carbocycles. The molecule has 178 valence electrons. The zero-order chi connectivity index (χ0) is 24.1. The molecule has 0 spiro atoms. The van der Waals surface area contributed by atoms with Crippen LogP contribution in [0.15, 0.2) is 54.6 Å². The van der Waals surface area contributed by atoms with Crippen LogP contribution >= 0.6 is 0 Å². The molecule has 1 unspecified atom stereocenters. The molecule has 1 fully saturated rings. The molecule has 7 nitrogen and oxygen atoms in total. The van der Waals surface area contributed by atoms with E-state index in [-0.39, 0.29) is 17.4 Å². The van der Waals surface area contributed by atoms with Gasteiger partial charge in [-0.25, -0.2) is 4.79 Å². The van der Waals surface area contributed by atoms with Gasteiger partial charge in [-0.05, 0) is 35.7 Å². The molecule has 0 radical (unpaired) electrons. The highest BCUT2D eigenvalue weighted by Gasteiger charge is 2.28. The third kappa shape index (κ3) is 4.99. The number of ether oxygens (including phenoxy) is 3. The maximum atomic E-state index is 13.2. The van der Waals surface area contributed by atoms with Crippen molar-refractivity contribution in [3.63, 3.8) is 0 Å². The first-order valence-electron chi connectivity index (χ1n) is 11.4. The number of hydrogen-bond acceptors (Lipinski definition) is 6. The van der Waals surface area contributed by atoms with Crippen LogP contribution in [0.3, 0.4) is 0 Å². The van der Waals surface area contributed by atoms with Crippen molar-refractivity contribution in [3.05, 3.63) is 65.7 Å². The van der Waals surface area contributed by atoms with E-state index in [4.69, 9.17) is 14.2 Å². The topological polar surface area (TPSA) is 77.1 Å². The SMILES string of the molecule is COC(=O)c1cc(OC)c(OC)cc1NC(=O)C1CCCN(Cc2cccc3ccccc23)C1. The van der Waals surface area contributed by atoms with Crippen LogP contribution in [0.5, 0.6) is 11.5 Å². The average molecular weight is 463 g/mol. The van der Waals surface area contributed by atoms with Crippen molar-refractivity contribution in [3.8, 4) is 11.5 Å². The molecule has 0 aliphatic carbocycles. The number of nitrogens with one attached hydrogen (secondary N) is 1. The first-order chi connectivity index (χ1) is 16.5. The highest BCUT2D eigenvalue weighted by Crippen LogP contribution is 2.34. The molecular weight excluding hydrogens is 432 g/mol. The number of benzene rings is 3. The molecule has 1 amide bonds. The van der Waals surface area contributed by atoms with Crippen LogP contribution in [0.4, 0.5) is 5.69 Å². The summed E-state index contributed by atoms with van der Waals surface area (Å²) in [5, 5.41) is 5.39. The highest BCUT2D eigenvalue weighted by molar-refractivity contribution is 6.02. The van der Waals surface area contributed by atoms with Crippen molar-refractivity contribution in [2.24, 2.45) is 5.92 Å². The molecule has 1 aliphatic rings. The molecule has 0 saturated carbocycles. The van der Waals surface area contributed by atoms with Crippen molar-refractivity contribution in [1.82, 2.24) is 4.90 Å². The van der Waals surface area contributed by atoms with Crippen molar-refractivity contribution in [2.45, 2.75) is 19.4 Å². The van der Waals surface area contributed by atoms with Gasteiger partial charge in [0.1, 0.15) is 0 Å². The van der Waals surface area contributed by atoms with Crippen LogP contribution in [-0.2, 0) is 16.1 Å². The summed E-state index contributed by atoms with van der Waals surface area (Å²) < 4.78 is 15.6. The number of amides is 1. The van der Waals surface area contributed by atoms with E-state index in [1.165, 1.54) is 43.7 Å². The van der Waals surface area contributed by atoms with E-state index >= 15 is 0 Å². The van der Waals surface area contributed by atoms with E-state index in [1.54, 1.807) is 6.07 Å². The Bertz CT molecular complexity index is 1190. The number of anilines is 1. The van der Waals surface area contributed by atoms with E-state index in [2.05, 4.69) is 46.6 Å². The average Bonchev–Trinajstić information content (AvgIpc) is 2.88. The van der Waals surface area contributed by atoms with Crippen LogP contribution < -0.4 is 14.8 Å². The number of hydrogen-bond donors (Lipinski definition) is 1. The van der Waals surface area contributed by atoms with Gasteiger partial charge in [0.25, 0.3) is 0 Å². The van der Waals surface area contributed by atoms with Crippen molar-refractivity contribution in [2.75, 3.05) is 39.7 Å². The molecule has 1 saturated heterocycles. The first kappa shape index (κ1) is 23.6. The molecule has 4 rings (SSSR count). The number of rotatable bonds is 7.